The van der Waals surface area contributed by atoms with Gasteiger partial charge in [0, 0.05) is 17.5 Å². The molecular weight excluding hydrogens is 252 g/mol. The molecule has 19 heavy (non-hydrogen) atoms. The summed E-state index contributed by atoms with van der Waals surface area (Å²) in [6.45, 7) is 7.27. The molecule has 0 radical (unpaired) electrons. The zero-order valence-electron chi connectivity index (χ0n) is 11.7. The van der Waals surface area contributed by atoms with E-state index < -0.39 is 0 Å². The highest BCUT2D eigenvalue weighted by atomic mass is 32.1. The Labute approximate surface area is 119 Å². The topological polar surface area (TPSA) is 24.9 Å². The Hall–Kier alpha value is -1.61. The first-order valence-electron chi connectivity index (χ1n) is 6.61. The van der Waals surface area contributed by atoms with Gasteiger partial charge < -0.3 is 5.32 Å². The van der Waals surface area contributed by atoms with Crippen molar-refractivity contribution in [3.05, 3.63) is 46.9 Å². The van der Waals surface area contributed by atoms with E-state index in [0.29, 0.717) is 0 Å². The minimum absolute atomic E-state index is 0.848. The van der Waals surface area contributed by atoms with E-state index in [2.05, 4.69) is 66.8 Å². The molecule has 3 heteroatoms. The molecule has 0 aliphatic heterocycles. The van der Waals surface area contributed by atoms with Crippen molar-refractivity contribution in [3.63, 3.8) is 0 Å². The van der Waals surface area contributed by atoms with Crippen LogP contribution in [0.15, 0.2) is 41.3 Å². The maximum atomic E-state index is 4.61. The average molecular weight is 272 g/mol. The molecule has 1 aromatic carbocycles. The lowest BCUT2D eigenvalue weighted by atomic mass is 10.1. The van der Waals surface area contributed by atoms with Gasteiger partial charge in [-0.2, -0.15) is 0 Å². The number of aromatic nitrogens is 1. The summed E-state index contributed by atoms with van der Waals surface area (Å²) in [6.07, 6.45) is 3.32. The van der Waals surface area contributed by atoms with Gasteiger partial charge in [0.2, 0.25) is 0 Å². The van der Waals surface area contributed by atoms with Gasteiger partial charge in [0.05, 0.1) is 5.69 Å². The summed E-state index contributed by atoms with van der Waals surface area (Å²) in [5.74, 6) is 0. The number of hydrogen-bond acceptors (Lipinski definition) is 3. The van der Waals surface area contributed by atoms with Crippen LogP contribution < -0.4 is 5.32 Å². The van der Waals surface area contributed by atoms with Gasteiger partial charge in [-0.3, -0.25) is 0 Å². The molecule has 0 unspecified atom stereocenters. The van der Waals surface area contributed by atoms with Crippen LogP contribution in [0.3, 0.4) is 0 Å². The van der Waals surface area contributed by atoms with Crippen LogP contribution in [0.4, 0.5) is 5.13 Å². The van der Waals surface area contributed by atoms with Gasteiger partial charge in [-0.05, 0) is 20.3 Å². The fraction of sp³-hybridized carbons (Fsp3) is 0.312. The van der Waals surface area contributed by atoms with Gasteiger partial charge in [0.25, 0.3) is 0 Å². The van der Waals surface area contributed by atoms with Crippen LogP contribution >= 0.6 is 11.3 Å². The molecule has 0 aliphatic rings. The maximum Gasteiger partial charge on any atom is 0.183 e. The summed E-state index contributed by atoms with van der Waals surface area (Å²) in [6, 6.07) is 8.48. The van der Waals surface area contributed by atoms with E-state index in [4.69, 9.17) is 0 Å². The highest BCUT2D eigenvalue weighted by Crippen LogP contribution is 2.24. The normalized spacial score (nSPS) is 11.6. The lowest BCUT2D eigenvalue weighted by molar-refractivity contribution is 1.08. The summed E-state index contributed by atoms with van der Waals surface area (Å²) < 4.78 is 0. The Morgan fingerprint density at radius 1 is 1.32 bits per heavy atom. The fourth-order valence-electron chi connectivity index (χ4n) is 1.67. The number of thiazole rings is 1. The standard InChI is InChI=1S/C16H20N2S/c1-4-12(2)9-10-17-16-18-15(11-19-16)14-7-5-13(3)6-8-14/h5-9,11H,4,10H2,1-3H3,(H,17,18). The average Bonchev–Trinajstić information content (AvgIpc) is 2.88. The lowest BCUT2D eigenvalue weighted by Gasteiger charge is -2.00. The number of nitrogens with one attached hydrogen (secondary N) is 1. The molecule has 0 fully saturated rings. The molecular formula is C16H20N2S. The van der Waals surface area contributed by atoms with E-state index in [0.717, 1.165) is 23.8 Å². The number of nitrogens with zero attached hydrogens (tertiary/aromatic N) is 1. The predicted octanol–water partition coefficient (Wildman–Crippen LogP) is 4.89. The molecule has 100 valence electrons. The molecule has 2 nitrogen and oxygen atoms in total. The van der Waals surface area contributed by atoms with Crippen molar-refractivity contribution < 1.29 is 0 Å². The monoisotopic (exact) mass is 272 g/mol. The van der Waals surface area contributed by atoms with E-state index in [1.807, 2.05) is 0 Å². The molecule has 2 aromatic rings. The van der Waals surface area contributed by atoms with Crippen molar-refractivity contribution in [2.75, 3.05) is 11.9 Å². The van der Waals surface area contributed by atoms with Crippen molar-refractivity contribution in [1.82, 2.24) is 4.98 Å². The number of rotatable bonds is 5. The van der Waals surface area contributed by atoms with Crippen molar-refractivity contribution in [3.8, 4) is 11.3 Å². The van der Waals surface area contributed by atoms with E-state index in [1.54, 1.807) is 11.3 Å². The summed E-state index contributed by atoms with van der Waals surface area (Å²) in [5.41, 5.74) is 4.90. The second-order valence-electron chi connectivity index (χ2n) is 4.69. The Bertz CT molecular complexity index is 552. The van der Waals surface area contributed by atoms with Crippen molar-refractivity contribution >= 4 is 16.5 Å². The third-order valence-electron chi connectivity index (χ3n) is 3.11. The number of benzene rings is 1. The van der Waals surface area contributed by atoms with Crippen LogP contribution in [-0.4, -0.2) is 11.5 Å². The van der Waals surface area contributed by atoms with E-state index >= 15 is 0 Å². The van der Waals surface area contributed by atoms with Crippen LogP contribution in [0.1, 0.15) is 25.8 Å². The Kier molecular flexibility index (Phi) is 4.74. The third kappa shape index (κ3) is 3.93. The molecule has 0 spiro atoms. The van der Waals surface area contributed by atoms with Crippen LogP contribution in [0.25, 0.3) is 11.3 Å². The molecule has 0 aliphatic carbocycles. The summed E-state index contributed by atoms with van der Waals surface area (Å²) in [7, 11) is 0. The first-order chi connectivity index (χ1) is 9.19. The highest BCUT2D eigenvalue weighted by molar-refractivity contribution is 7.14. The van der Waals surface area contributed by atoms with Crippen LogP contribution in [-0.2, 0) is 0 Å². The first-order valence-corrected chi connectivity index (χ1v) is 7.49. The number of hydrogen-bond donors (Lipinski definition) is 1. The SMILES string of the molecule is CCC(C)=CCNc1nc(-c2ccc(C)cc2)cs1. The van der Waals surface area contributed by atoms with E-state index in [9.17, 15) is 0 Å². The van der Waals surface area contributed by atoms with Gasteiger partial charge in [-0.1, -0.05) is 48.4 Å². The van der Waals surface area contributed by atoms with Crippen molar-refractivity contribution in [1.29, 1.82) is 0 Å². The Balaban J connectivity index is 2.01. The molecule has 0 bridgehead atoms. The second kappa shape index (κ2) is 6.53. The van der Waals surface area contributed by atoms with Gasteiger partial charge >= 0.3 is 0 Å². The second-order valence-corrected chi connectivity index (χ2v) is 5.55. The summed E-state index contributed by atoms with van der Waals surface area (Å²) in [4.78, 5) is 4.61. The summed E-state index contributed by atoms with van der Waals surface area (Å²) >= 11 is 1.66. The highest BCUT2D eigenvalue weighted by Gasteiger charge is 2.03. The smallest absolute Gasteiger partial charge is 0.183 e. The molecule has 0 saturated heterocycles. The number of anilines is 1. The quantitative estimate of drug-likeness (QED) is 0.784. The van der Waals surface area contributed by atoms with Crippen LogP contribution in [0, 0.1) is 6.92 Å². The van der Waals surface area contributed by atoms with E-state index in [-0.39, 0.29) is 0 Å². The number of allylic oxidation sites excluding steroid dienone is 1. The van der Waals surface area contributed by atoms with Gasteiger partial charge in [-0.25, -0.2) is 4.98 Å². The minimum Gasteiger partial charge on any atom is -0.358 e. The van der Waals surface area contributed by atoms with Crippen molar-refractivity contribution in [2.24, 2.45) is 0 Å². The first kappa shape index (κ1) is 13.8. The number of aryl methyl sites for hydroxylation is 1. The molecule has 1 heterocycles. The maximum absolute atomic E-state index is 4.61. The molecule has 0 atom stereocenters. The van der Waals surface area contributed by atoms with Gasteiger partial charge in [0.15, 0.2) is 5.13 Å². The third-order valence-corrected chi connectivity index (χ3v) is 3.91. The molecule has 1 N–H and O–H groups in total. The molecule has 0 amide bonds. The fourth-order valence-corrected chi connectivity index (χ4v) is 2.40. The van der Waals surface area contributed by atoms with Gasteiger partial charge in [-0.15, -0.1) is 11.3 Å². The minimum atomic E-state index is 0.848. The molecule has 0 saturated carbocycles. The Morgan fingerprint density at radius 2 is 2.05 bits per heavy atom. The zero-order chi connectivity index (χ0) is 13.7. The van der Waals surface area contributed by atoms with Crippen molar-refractivity contribution in [2.45, 2.75) is 27.2 Å². The lowest BCUT2D eigenvalue weighted by Crippen LogP contribution is -1.98. The van der Waals surface area contributed by atoms with Gasteiger partial charge in [0.1, 0.15) is 0 Å². The predicted molar refractivity (Wildman–Crippen MR) is 84.8 cm³/mol. The Morgan fingerprint density at radius 3 is 2.74 bits per heavy atom. The van der Waals surface area contributed by atoms with Crippen LogP contribution in [0.5, 0.6) is 0 Å². The zero-order valence-corrected chi connectivity index (χ0v) is 12.6. The van der Waals surface area contributed by atoms with Crippen LogP contribution in [0.2, 0.25) is 0 Å². The van der Waals surface area contributed by atoms with E-state index in [1.165, 1.54) is 16.7 Å². The molecule has 2 rings (SSSR count). The molecule has 1 aromatic heterocycles. The largest absolute Gasteiger partial charge is 0.358 e. The summed E-state index contributed by atoms with van der Waals surface area (Å²) in [5, 5.41) is 6.43.